The summed E-state index contributed by atoms with van der Waals surface area (Å²) in [4.78, 5) is 28.2. The molecule has 0 aliphatic heterocycles. The van der Waals surface area contributed by atoms with Crippen molar-refractivity contribution in [1.82, 2.24) is 15.8 Å². The van der Waals surface area contributed by atoms with Gasteiger partial charge in [-0.3, -0.25) is 20.4 Å². The molecule has 6 nitrogen and oxygen atoms in total. The Morgan fingerprint density at radius 1 is 1.14 bits per heavy atom. The molecule has 0 atom stereocenters. The number of amides is 2. The molecule has 3 rings (SSSR count). The molecule has 2 amide bonds. The van der Waals surface area contributed by atoms with Crippen molar-refractivity contribution in [2.45, 2.75) is 13.5 Å². The van der Waals surface area contributed by atoms with Crippen LogP contribution in [0.25, 0.3) is 6.08 Å². The van der Waals surface area contributed by atoms with Gasteiger partial charge in [0.2, 0.25) is 0 Å². The smallest absolute Gasteiger partial charge is 0.269 e. The Kier molecular flexibility index (Phi) is 6.70. The van der Waals surface area contributed by atoms with E-state index >= 15 is 0 Å². The van der Waals surface area contributed by atoms with Gasteiger partial charge in [0.1, 0.15) is 18.2 Å². The summed E-state index contributed by atoms with van der Waals surface area (Å²) in [6, 6.07) is 12.3. The van der Waals surface area contributed by atoms with Gasteiger partial charge in [0.15, 0.2) is 0 Å². The van der Waals surface area contributed by atoms with Crippen LogP contribution in [0.15, 0.2) is 60.0 Å². The van der Waals surface area contributed by atoms with Gasteiger partial charge in [-0.15, -0.1) is 11.3 Å². The van der Waals surface area contributed by atoms with Gasteiger partial charge in [-0.05, 0) is 43.3 Å². The van der Waals surface area contributed by atoms with Crippen LogP contribution in [-0.2, 0) is 11.4 Å². The maximum atomic E-state index is 12.9. The molecule has 2 aromatic carbocycles. The molecule has 1 heterocycles. The number of para-hydroxylation sites is 1. The van der Waals surface area contributed by atoms with Gasteiger partial charge < -0.3 is 4.74 Å². The number of hydrogen-bond donors (Lipinski definition) is 2. The Morgan fingerprint density at radius 2 is 1.90 bits per heavy atom. The van der Waals surface area contributed by atoms with E-state index in [1.165, 1.54) is 30.3 Å². The number of carbonyl (C=O) groups is 2. The van der Waals surface area contributed by atoms with E-state index in [9.17, 15) is 14.0 Å². The van der Waals surface area contributed by atoms with Gasteiger partial charge in [-0.25, -0.2) is 9.37 Å². The molecule has 0 saturated heterocycles. The lowest BCUT2D eigenvalue weighted by Gasteiger charge is -2.08. The maximum Gasteiger partial charge on any atom is 0.269 e. The number of ether oxygens (including phenoxy) is 1. The summed E-state index contributed by atoms with van der Waals surface area (Å²) in [5.41, 5.74) is 6.32. The molecule has 0 bridgehead atoms. The minimum atomic E-state index is -0.547. The van der Waals surface area contributed by atoms with Gasteiger partial charge >= 0.3 is 0 Å². The third kappa shape index (κ3) is 5.98. The second kappa shape index (κ2) is 9.61. The van der Waals surface area contributed by atoms with Crippen molar-refractivity contribution < 1.29 is 18.7 Å². The maximum absolute atomic E-state index is 12.9. The second-order valence-electron chi connectivity index (χ2n) is 5.97. The van der Waals surface area contributed by atoms with Crippen molar-refractivity contribution in [3.8, 4) is 5.75 Å². The molecule has 8 heteroatoms. The standard InChI is InChI=1S/C21H18FN3O3S/c1-14-23-18(13-29-14)12-28-19-5-3-2-4-15(19)8-11-20(26)24-25-21(27)16-6-9-17(22)10-7-16/h2-11,13H,12H2,1H3,(H,24,26)(H,25,27)/b11-8+. The molecule has 0 aliphatic carbocycles. The number of hydrazine groups is 1. The van der Waals surface area contributed by atoms with Crippen LogP contribution >= 0.6 is 11.3 Å². The second-order valence-corrected chi connectivity index (χ2v) is 7.03. The Hall–Kier alpha value is -3.52. The third-order valence-corrected chi connectivity index (χ3v) is 4.60. The highest BCUT2D eigenvalue weighted by molar-refractivity contribution is 7.09. The molecule has 0 aliphatic rings. The van der Waals surface area contributed by atoms with E-state index in [1.54, 1.807) is 23.5 Å². The van der Waals surface area contributed by atoms with E-state index in [0.717, 1.165) is 10.7 Å². The lowest BCUT2D eigenvalue weighted by molar-refractivity contribution is -0.117. The number of aromatic nitrogens is 1. The first kappa shape index (κ1) is 20.2. The summed E-state index contributed by atoms with van der Waals surface area (Å²) in [6.07, 6.45) is 2.86. The summed E-state index contributed by atoms with van der Waals surface area (Å²) in [6.45, 7) is 2.26. The summed E-state index contributed by atoms with van der Waals surface area (Å²) < 4.78 is 18.7. The zero-order valence-electron chi connectivity index (χ0n) is 15.5. The van der Waals surface area contributed by atoms with Crippen LogP contribution in [0.2, 0.25) is 0 Å². The van der Waals surface area contributed by atoms with Crippen LogP contribution in [0, 0.1) is 12.7 Å². The van der Waals surface area contributed by atoms with Crippen LogP contribution in [0.5, 0.6) is 5.75 Å². The Morgan fingerprint density at radius 3 is 2.62 bits per heavy atom. The molecular weight excluding hydrogens is 393 g/mol. The van der Waals surface area contributed by atoms with E-state index in [2.05, 4.69) is 15.8 Å². The molecule has 2 N–H and O–H groups in total. The lowest BCUT2D eigenvalue weighted by atomic mass is 10.2. The zero-order valence-corrected chi connectivity index (χ0v) is 16.3. The fourth-order valence-electron chi connectivity index (χ4n) is 2.37. The van der Waals surface area contributed by atoms with E-state index in [4.69, 9.17) is 4.74 Å². The molecule has 0 radical (unpaired) electrons. The van der Waals surface area contributed by atoms with Crippen molar-refractivity contribution in [3.63, 3.8) is 0 Å². The van der Waals surface area contributed by atoms with E-state index in [0.29, 0.717) is 17.9 Å². The Labute approximate surface area is 171 Å². The number of carbonyl (C=O) groups excluding carboxylic acids is 2. The average molecular weight is 411 g/mol. The summed E-state index contributed by atoms with van der Waals surface area (Å²) in [5.74, 6) is -0.906. The van der Waals surface area contributed by atoms with Gasteiger partial charge in [-0.2, -0.15) is 0 Å². The Balaban J connectivity index is 1.55. The average Bonchev–Trinajstić information content (AvgIpc) is 3.15. The van der Waals surface area contributed by atoms with Crippen LogP contribution in [0.3, 0.4) is 0 Å². The predicted molar refractivity (Wildman–Crippen MR) is 109 cm³/mol. The molecular formula is C21H18FN3O3S. The first-order valence-corrected chi connectivity index (χ1v) is 9.56. The molecule has 148 valence electrons. The number of hydrogen-bond acceptors (Lipinski definition) is 5. The van der Waals surface area contributed by atoms with E-state index in [1.807, 2.05) is 30.5 Å². The highest BCUT2D eigenvalue weighted by Crippen LogP contribution is 2.21. The van der Waals surface area contributed by atoms with Gasteiger partial charge in [0.05, 0.1) is 10.7 Å². The molecule has 3 aromatic rings. The molecule has 0 saturated carbocycles. The summed E-state index contributed by atoms with van der Waals surface area (Å²) in [7, 11) is 0. The van der Waals surface area contributed by atoms with Crippen molar-refractivity contribution >= 4 is 29.2 Å². The van der Waals surface area contributed by atoms with Gasteiger partial charge in [-0.1, -0.05) is 18.2 Å². The quantitative estimate of drug-likeness (QED) is 0.479. The first-order chi connectivity index (χ1) is 14.0. The first-order valence-electron chi connectivity index (χ1n) is 8.68. The van der Waals surface area contributed by atoms with Crippen LogP contribution in [0.1, 0.15) is 26.6 Å². The van der Waals surface area contributed by atoms with Gasteiger partial charge in [0, 0.05) is 22.6 Å². The molecule has 29 heavy (non-hydrogen) atoms. The molecule has 0 unspecified atom stereocenters. The van der Waals surface area contributed by atoms with Crippen molar-refractivity contribution in [1.29, 1.82) is 0 Å². The fourth-order valence-corrected chi connectivity index (χ4v) is 2.97. The zero-order chi connectivity index (χ0) is 20.6. The largest absolute Gasteiger partial charge is 0.487 e. The predicted octanol–water partition coefficient (Wildman–Crippen LogP) is 3.64. The highest BCUT2D eigenvalue weighted by atomic mass is 32.1. The number of halogens is 1. The van der Waals surface area contributed by atoms with Crippen molar-refractivity contribution in [3.05, 3.63) is 87.6 Å². The minimum absolute atomic E-state index is 0.228. The number of thiazole rings is 1. The molecule has 1 aromatic heterocycles. The molecule has 0 spiro atoms. The van der Waals surface area contributed by atoms with Gasteiger partial charge in [0.25, 0.3) is 11.8 Å². The monoisotopic (exact) mass is 411 g/mol. The fraction of sp³-hybridized carbons (Fsp3) is 0.0952. The summed E-state index contributed by atoms with van der Waals surface area (Å²) in [5, 5.41) is 2.90. The van der Waals surface area contributed by atoms with Crippen molar-refractivity contribution in [2.75, 3.05) is 0 Å². The molecule has 0 fully saturated rings. The van der Waals surface area contributed by atoms with Crippen molar-refractivity contribution in [2.24, 2.45) is 0 Å². The van der Waals surface area contributed by atoms with E-state index in [-0.39, 0.29) is 5.56 Å². The normalized spacial score (nSPS) is 10.7. The third-order valence-electron chi connectivity index (χ3n) is 3.78. The number of benzene rings is 2. The van der Waals surface area contributed by atoms with Crippen LogP contribution < -0.4 is 15.6 Å². The number of aryl methyl sites for hydroxylation is 1. The Bertz CT molecular complexity index is 1030. The SMILES string of the molecule is Cc1nc(COc2ccccc2/C=C/C(=O)NNC(=O)c2ccc(F)cc2)cs1. The van der Waals surface area contributed by atoms with Crippen LogP contribution in [-0.4, -0.2) is 16.8 Å². The lowest BCUT2D eigenvalue weighted by Crippen LogP contribution is -2.40. The number of rotatable bonds is 6. The minimum Gasteiger partial charge on any atom is -0.487 e. The van der Waals surface area contributed by atoms with E-state index < -0.39 is 17.6 Å². The highest BCUT2D eigenvalue weighted by Gasteiger charge is 2.07. The topological polar surface area (TPSA) is 80.3 Å². The number of nitrogens with one attached hydrogen (secondary N) is 2. The van der Waals surface area contributed by atoms with Crippen LogP contribution in [0.4, 0.5) is 4.39 Å². The number of nitrogens with zero attached hydrogens (tertiary/aromatic N) is 1. The summed E-state index contributed by atoms with van der Waals surface area (Å²) >= 11 is 1.55.